The van der Waals surface area contributed by atoms with Crippen LogP contribution in [0.2, 0.25) is 0 Å². The number of hydrogen-bond acceptors (Lipinski definition) is 6. The molecule has 5 rings (SSSR count). The zero-order chi connectivity index (χ0) is 22.8. The highest BCUT2D eigenvalue weighted by Gasteiger charge is 2.30. The first-order chi connectivity index (χ1) is 16.0. The second-order valence-electron chi connectivity index (χ2n) is 7.65. The number of carbonyl (C=O) groups excluding carboxylic acids is 1. The molecule has 0 aliphatic carbocycles. The van der Waals surface area contributed by atoms with Gasteiger partial charge < -0.3 is 10.6 Å². The first kappa shape index (κ1) is 21.4. The van der Waals surface area contributed by atoms with E-state index < -0.39 is 10.0 Å². The standard InChI is InChI=1S/C24H22N4O3S2/c29-23(25-13-14-26-24-27-20-9-2-4-11-22(20)32-24)18-7-5-8-19(16-18)33(30,31)28-15-12-17-6-1-3-10-21(17)28/h1-11,16H,12-15H2,(H,25,29)(H,26,27). The Kier molecular flexibility index (Phi) is 5.74. The predicted octanol–water partition coefficient (Wildman–Crippen LogP) is 3.89. The van der Waals surface area contributed by atoms with E-state index in [1.165, 1.54) is 16.4 Å². The van der Waals surface area contributed by atoms with Gasteiger partial charge in [0.25, 0.3) is 15.9 Å². The van der Waals surface area contributed by atoms with Crippen LogP contribution in [0.1, 0.15) is 15.9 Å². The highest BCUT2D eigenvalue weighted by Crippen LogP contribution is 2.32. The van der Waals surface area contributed by atoms with Crippen LogP contribution < -0.4 is 14.9 Å². The maximum atomic E-state index is 13.2. The van der Waals surface area contributed by atoms with Gasteiger partial charge in [-0.2, -0.15) is 0 Å². The van der Waals surface area contributed by atoms with Crippen LogP contribution in [-0.4, -0.2) is 38.9 Å². The van der Waals surface area contributed by atoms with Gasteiger partial charge in [-0.25, -0.2) is 13.4 Å². The minimum absolute atomic E-state index is 0.111. The van der Waals surface area contributed by atoms with Gasteiger partial charge in [0.1, 0.15) is 0 Å². The molecule has 1 aliphatic rings. The van der Waals surface area contributed by atoms with Crippen LogP contribution >= 0.6 is 11.3 Å². The average molecular weight is 479 g/mol. The molecule has 1 amide bonds. The van der Waals surface area contributed by atoms with Crippen molar-refractivity contribution >= 4 is 48.3 Å². The first-order valence-electron chi connectivity index (χ1n) is 10.6. The SMILES string of the molecule is O=C(NCCNc1nc2ccccc2s1)c1cccc(S(=O)(=O)N2CCc3ccccc32)c1. The van der Waals surface area contributed by atoms with Gasteiger partial charge in [0.05, 0.1) is 20.8 Å². The summed E-state index contributed by atoms with van der Waals surface area (Å²) in [6, 6.07) is 21.6. The van der Waals surface area contributed by atoms with Crippen LogP contribution in [0.3, 0.4) is 0 Å². The number of nitrogens with one attached hydrogen (secondary N) is 2. The van der Waals surface area contributed by atoms with Gasteiger partial charge in [0.2, 0.25) is 0 Å². The lowest BCUT2D eigenvalue weighted by molar-refractivity contribution is 0.0955. The van der Waals surface area contributed by atoms with Crippen molar-refractivity contribution < 1.29 is 13.2 Å². The smallest absolute Gasteiger partial charge is 0.264 e. The average Bonchev–Trinajstić information content (AvgIpc) is 3.46. The van der Waals surface area contributed by atoms with Crippen molar-refractivity contribution in [1.29, 1.82) is 0 Å². The number of hydrogen-bond donors (Lipinski definition) is 2. The van der Waals surface area contributed by atoms with Gasteiger partial charge in [-0.15, -0.1) is 0 Å². The lowest BCUT2D eigenvalue weighted by Gasteiger charge is -2.20. The van der Waals surface area contributed by atoms with Crippen molar-refractivity contribution in [3.63, 3.8) is 0 Å². The van der Waals surface area contributed by atoms with E-state index in [-0.39, 0.29) is 10.8 Å². The van der Waals surface area contributed by atoms with E-state index in [0.29, 0.717) is 37.3 Å². The summed E-state index contributed by atoms with van der Waals surface area (Å²) in [4.78, 5) is 17.2. The Morgan fingerprint density at radius 3 is 2.70 bits per heavy atom. The number of thiazole rings is 1. The number of sulfonamides is 1. The zero-order valence-corrected chi connectivity index (χ0v) is 19.3. The van der Waals surface area contributed by atoms with Gasteiger partial charge >= 0.3 is 0 Å². The Balaban J connectivity index is 1.23. The Labute approximate surface area is 196 Å². The van der Waals surface area contributed by atoms with Crippen molar-refractivity contribution in [2.75, 3.05) is 29.3 Å². The van der Waals surface area contributed by atoms with E-state index in [9.17, 15) is 13.2 Å². The van der Waals surface area contributed by atoms with E-state index in [0.717, 1.165) is 20.9 Å². The van der Waals surface area contributed by atoms with Crippen LogP contribution in [0, 0.1) is 0 Å². The molecule has 168 valence electrons. The summed E-state index contributed by atoms with van der Waals surface area (Å²) in [5, 5.41) is 6.84. The van der Waals surface area contributed by atoms with E-state index >= 15 is 0 Å². The lowest BCUT2D eigenvalue weighted by atomic mass is 10.2. The van der Waals surface area contributed by atoms with Crippen molar-refractivity contribution in [1.82, 2.24) is 10.3 Å². The molecule has 9 heteroatoms. The fraction of sp³-hybridized carbons (Fsp3) is 0.167. The Morgan fingerprint density at radius 1 is 1.00 bits per heavy atom. The summed E-state index contributed by atoms with van der Waals surface area (Å²) in [6.07, 6.45) is 0.678. The fourth-order valence-electron chi connectivity index (χ4n) is 3.88. The quantitative estimate of drug-likeness (QED) is 0.393. The molecule has 0 spiro atoms. The second-order valence-corrected chi connectivity index (χ2v) is 10.5. The number of nitrogens with zero attached hydrogens (tertiary/aromatic N) is 2. The number of anilines is 2. The minimum atomic E-state index is -3.75. The Hall–Kier alpha value is -3.43. The van der Waals surface area contributed by atoms with E-state index in [1.54, 1.807) is 23.5 Å². The number of carbonyl (C=O) groups is 1. The number of fused-ring (bicyclic) bond motifs is 2. The molecule has 0 saturated heterocycles. The highest BCUT2D eigenvalue weighted by atomic mass is 32.2. The molecule has 0 saturated carbocycles. The molecule has 0 atom stereocenters. The van der Waals surface area contributed by atoms with E-state index in [2.05, 4.69) is 15.6 Å². The summed E-state index contributed by atoms with van der Waals surface area (Å²) in [5.74, 6) is -0.319. The molecule has 33 heavy (non-hydrogen) atoms. The van der Waals surface area contributed by atoms with Gasteiger partial charge in [0, 0.05) is 25.2 Å². The molecular formula is C24H22N4O3S2. The Morgan fingerprint density at radius 2 is 1.82 bits per heavy atom. The second kappa shape index (κ2) is 8.84. The van der Waals surface area contributed by atoms with Gasteiger partial charge in [-0.05, 0) is 48.4 Å². The predicted molar refractivity (Wildman–Crippen MR) is 132 cm³/mol. The maximum Gasteiger partial charge on any atom is 0.264 e. The van der Waals surface area contributed by atoms with Crippen LogP contribution in [0.5, 0.6) is 0 Å². The maximum absolute atomic E-state index is 13.2. The van der Waals surface area contributed by atoms with Crippen molar-refractivity contribution in [2.24, 2.45) is 0 Å². The molecular weight excluding hydrogens is 456 g/mol. The summed E-state index contributed by atoms with van der Waals surface area (Å²) in [6.45, 7) is 1.29. The van der Waals surface area contributed by atoms with Crippen LogP contribution in [0.4, 0.5) is 10.8 Å². The number of para-hydroxylation sites is 2. The molecule has 0 bridgehead atoms. The molecule has 0 radical (unpaired) electrons. The topological polar surface area (TPSA) is 91.4 Å². The molecule has 2 N–H and O–H groups in total. The molecule has 3 aromatic carbocycles. The molecule has 7 nitrogen and oxygen atoms in total. The van der Waals surface area contributed by atoms with Crippen molar-refractivity contribution in [2.45, 2.75) is 11.3 Å². The summed E-state index contributed by atoms with van der Waals surface area (Å²) < 4.78 is 29.0. The Bertz CT molecular complexity index is 1400. The largest absolute Gasteiger partial charge is 0.360 e. The fourth-order valence-corrected chi connectivity index (χ4v) is 6.32. The molecule has 0 unspecified atom stereocenters. The lowest BCUT2D eigenvalue weighted by Crippen LogP contribution is -2.30. The van der Waals surface area contributed by atoms with Crippen LogP contribution in [0.15, 0.2) is 77.7 Å². The van der Waals surface area contributed by atoms with Gasteiger partial charge in [0.15, 0.2) is 5.13 Å². The van der Waals surface area contributed by atoms with Crippen LogP contribution in [-0.2, 0) is 16.4 Å². The number of benzene rings is 3. The molecule has 0 fully saturated rings. The minimum Gasteiger partial charge on any atom is -0.360 e. The molecule has 1 aliphatic heterocycles. The molecule has 4 aromatic rings. The molecule has 1 aromatic heterocycles. The normalized spacial score (nSPS) is 13.2. The third-order valence-electron chi connectivity index (χ3n) is 5.51. The summed E-state index contributed by atoms with van der Waals surface area (Å²) in [5.41, 5.74) is 2.96. The van der Waals surface area contributed by atoms with Gasteiger partial charge in [-0.1, -0.05) is 47.7 Å². The number of rotatable bonds is 7. The third kappa shape index (κ3) is 4.29. The van der Waals surface area contributed by atoms with E-state index in [4.69, 9.17) is 0 Å². The summed E-state index contributed by atoms with van der Waals surface area (Å²) >= 11 is 1.56. The van der Waals surface area contributed by atoms with Crippen molar-refractivity contribution in [3.05, 3.63) is 83.9 Å². The van der Waals surface area contributed by atoms with Gasteiger partial charge in [-0.3, -0.25) is 9.10 Å². The first-order valence-corrected chi connectivity index (χ1v) is 12.9. The third-order valence-corrected chi connectivity index (χ3v) is 8.31. The zero-order valence-electron chi connectivity index (χ0n) is 17.7. The van der Waals surface area contributed by atoms with Crippen molar-refractivity contribution in [3.8, 4) is 0 Å². The monoisotopic (exact) mass is 478 g/mol. The number of aromatic nitrogens is 1. The van der Waals surface area contributed by atoms with E-state index in [1.807, 2.05) is 48.5 Å². The molecule has 2 heterocycles. The summed E-state index contributed by atoms with van der Waals surface area (Å²) in [7, 11) is -3.75. The number of amides is 1. The highest BCUT2D eigenvalue weighted by molar-refractivity contribution is 7.92. The van der Waals surface area contributed by atoms with Crippen LogP contribution in [0.25, 0.3) is 10.2 Å².